The van der Waals surface area contributed by atoms with Gasteiger partial charge in [-0.3, -0.25) is 19.8 Å². The molecule has 0 spiro atoms. The number of nitrogens with zero attached hydrogens (tertiary/aromatic N) is 1. The van der Waals surface area contributed by atoms with Gasteiger partial charge < -0.3 is 15.8 Å². The third kappa shape index (κ3) is 5.52. The Hall–Kier alpha value is -3.49. The van der Waals surface area contributed by atoms with E-state index in [1.807, 2.05) is 37.3 Å². The van der Waals surface area contributed by atoms with E-state index in [-0.39, 0.29) is 18.4 Å². The summed E-state index contributed by atoms with van der Waals surface area (Å²) in [6, 6.07) is 16.9. The van der Waals surface area contributed by atoms with E-state index in [1.165, 1.54) is 0 Å². The Morgan fingerprint density at radius 2 is 1.85 bits per heavy atom. The van der Waals surface area contributed by atoms with Crippen molar-refractivity contribution in [1.82, 2.24) is 15.8 Å². The third-order valence-electron chi connectivity index (χ3n) is 6.43. The number of rotatable bonds is 7. The Bertz CT molecular complexity index is 1170. The molecule has 5 N–H and O–H groups in total. The zero-order chi connectivity index (χ0) is 24.1. The zero-order valence-electron chi connectivity index (χ0n) is 19.2. The number of carbonyl (C=O) groups excluding carboxylic acids is 2. The van der Waals surface area contributed by atoms with Crippen LogP contribution in [-0.4, -0.2) is 33.6 Å². The Balaban J connectivity index is 1.43. The van der Waals surface area contributed by atoms with Crippen molar-refractivity contribution in [1.29, 1.82) is 0 Å². The van der Waals surface area contributed by atoms with Gasteiger partial charge in [0.1, 0.15) is 12.4 Å². The van der Waals surface area contributed by atoms with Crippen LogP contribution in [0.5, 0.6) is 5.75 Å². The number of nitrogens with one attached hydrogen (secondary N) is 2. The fourth-order valence-corrected chi connectivity index (χ4v) is 4.58. The Kier molecular flexibility index (Phi) is 7.09. The number of hydrogen-bond donors (Lipinski definition) is 4. The molecule has 34 heavy (non-hydrogen) atoms. The van der Waals surface area contributed by atoms with Crippen molar-refractivity contribution in [3.8, 4) is 5.75 Å². The van der Waals surface area contributed by atoms with E-state index in [4.69, 9.17) is 15.7 Å². The maximum Gasteiger partial charge on any atom is 0.251 e. The highest BCUT2D eigenvalue weighted by Crippen LogP contribution is 2.31. The average molecular weight is 463 g/mol. The number of fused-ring (bicyclic) bond motifs is 1. The molecule has 1 aliphatic carbocycles. The second kappa shape index (κ2) is 10.2. The Morgan fingerprint density at radius 3 is 2.56 bits per heavy atom. The molecule has 1 aromatic heterocycles. The molecule has 8 nitrogen and oxygen atoms in total. The summed E-state index contributed by atoms with van der Waals surface area (Å²) >= 11 is 0. The molecular formula is C26H30N4O4. The number of pyridine rings is 1. The summed E-state index contributed by atoms with van der Waals surface area (Å²) in [5.41, 5.74) is 10.3. The first-order valence-electron chi connectivity index (χ1n) is 11.5. The molecule has 2 amide bonds. The van der Waals surface area contributed by atoms with Gasteiger partial charge in [-0.1, -0.05) is 18.2 Å². The highest BCUT2D eigenvalue weighted by atomic mass is 16.5. The van der Waals surface area contributed by atoms with Crippen LogP contribution in [0, 0.1) is 6.92 Å². The predicted molar refractivity (Wildman–Crippen MR) is 128 cm³/mol. The van der Waals surface area contributed by atoms with Crippen molar-refractivity contribution >= 4 is 22.7 Å². The molecule has 4 rings (SSSR count). The quantitative estimate of drug-likeness (QED) is 0.315. The number of aryl methyl sites for hydroxylation is 1. The smallest absolute Gasteiger partial charge is 0.251 e. The van der Waals surface area contributed by atoms with E-state index < -0.39 is 11.4 Å². The summed E-state index contributed by atoms with van der Waals surface area (Å²) in [7, 11) is 0. The van der Waals surface area contributed by atoms with Crippen LogP contribution in [0.25, 0.3) is 10.9 Å². The number of aromatic nitrogens is 1. The average Bonchev–Trinajstić information content (AvgIpc) is 2.84. The molecule has 1 fully saturated rings. The molecule has 0 atom stereocenters. The van der Waals surface area contributed by atoms with Gasteiger partial charge in [0, 0.05) is 33.8 Å². The lowest BCUT2D eigenvalue weighted by Gasteiger charge is -2.39. The number of hydrogen-bond acceptors (Lipinski definition) is 6. The number of carbonyl (C=O) groups is 2. The Labute approximate surface area is 198 Å². The first-order valence-corrected chi connectivity index (χ1v) is 11.5. The fourth-order valence-electron chi connectivity index (χ4n) is 4.58. The van der Waals surface area contributed by atoms with Crippen LogP contribution < -0.4 is 21.3 Å². The molecule has 0 unspecified atom stereocenters. The van der Waals surface area contributed by atoms with Gasteiger partial charge in [-0.25, -0.2) is 5.48 Å². The second-order valence-corrected chi connectivity index (χ2v) is 9.04. The summed E-state index contributed by atoms with van der Waals surface area (Å²) in [4.78, 5) is 29.4. The lowest BCUT2D eigenvalue weighted by atomic mass is 9.77. The van der Waals surface area contributed by atoms with Crippen LogP contribution in [0.3, 0.4) is 0 Å². The third-order valence-corrected chi connectivity index (χ3v) is 6.43. The molecule has 8 heteroatoms. The number of hydroxylamine groups is 1. The summed E-state index contributed by atoms with van der Waals surface area (Å²) < 4.78 is 5.98. The molecule has 178 valence electrons. The molecule has 0 saturated heterocycles. The summed E-state index contributed by atoms with van der Waals surface area (Å²) in [6.07, 6.45) is 2.56. The van der Waals surface area contributed by atoms with E-state index in [1.54, 1.807) is 29.7 Å². The standard InChI is InChI=1S/C26H30N4O4/c1-17-14-19(22-4-2-3-5-23(22)28-17)16-34-21-8-6-18(7-9-21)25(32)29-26(15-24(31)30-33)12-10-20(27)11-13-26/h2-9,14,20,33H,10-13,15-16,27H2,1H3,(H,29,32)(H,30,31). The van der Waals surface area contributed by atoms with Crippen molar-refractivity contribution in [2.75, 3.05) is 0 Å². The van der Waals surface area contributed by atoms with Crippen LogP contribution in [0.15, 0.2) is 54.6 Å². The van der Waals surface area contributed by atoms with Crippen LogP contribution in [0.4, 0.5) is 0 Å². The van der Waals surface area contributed by atoms with Crippen LogP contribution >= 0.6 is 0 Å². The molecule has 1 heterocycles. The SMILES string of the molecule is Cc1cc(COc2ccc(C(=O)NC3(CC(=O)NO)CCC(N)CC3)cc2)c2ccccc2n1. The zero-order valence-corrected chi connectivity index (χ0v) is 19.2. The molecule has 1 aliphatic rings. The number of nitrogens with two attached hydrogens (primary N) is 1. The van der Waals surface area contributed by atoms with Crippen molar-refractivity contribution < 1.29 is 19.5 Å². The van der Waals surface area contributed by atoms with Gasteiger partial charge in [0.15, 0.2) is 0 Å². The van der Waals surface area contributed by atoms with Gasteiger partial charge in [-0.05, 0) is 69.0 Å². The monoisotopic (exact) mass is 462 g/mol. The first-order chi connectivity index (χ1) is 16.4. The van der Waals surface area contributed by atoms with Crippen molar-refractivity contribution in [3.05, 3.63) is 71.4 Å². The summed E-state index contributed by atoms with van der Waals surface area (Å²) in [5.74, 6) is -0.157. The molecular weight excluding hydrogens is 432 g/mol. The molecule has 1 saturated carbocycles. The summed E-state index contributed by atoms with van der Waals surface area (Å²) in [6.45, 7) is 2.34. The van der Waals surface area contributed by atoms with E-state index in [9.17, 15) is 9.59 Å². The Morgan fingerprint density at radius 1 is 1.15 bits per heavy atom. The van der Waals surface area contributed by atoms with Crippen molar-refractivity contribution in [3.63, 3.8) is 0 Å². The van der Waals surface area contributed by atoms with E-state index >= 15 is 0 Å². The second-order valence-electron chi connectivity index (χ2n) is 9.04. The predicted octanol–water partition coefficient (Wildman–Crippen LogP) is 3.39. The highest BCUT2D eigenvalue weighted by Gasteiger charge is 2.38. The van der Waals surface area contributed by atoms with E-state index in [2.05, 4.69) is 10.3 Å². The maximum absolute atomic E-state index is 13.0. The largest absolute Gasteiger partial charge is 0.489 e. The number of benzene rings is 2. The van der Waals surface area contributed by atoms with Gasteiger partial charge in [-0.2, -0.15) is 0 Å². The van der Waals surface area contributed by atoms with Gasteiger partial charge in [0.05, 0.1) is 11.9 Å². The normalized spacial score (nSPS) is 20.0. The minimum Gasteiger partial charge on any atom is -0.489 e. The van der Waals surface area contributed by atoms with Gasteiger partial charge in [-0.15, -0.1) is 0 Å². The number of ether oxygens (including phenoxy) is 1. The number of para-hydroxylation sites is 1. The maximum atomic E-state index is 13.0. The van der Waals surface area contributed by atoms with Gasteiger partial charge >= 0.3 is 0 Å². The topological polar surface area (TPSA) is 127 Å². The molecule has 3 aromatic rings. The molecule has 0 bridgehead atoms. The van der Waals surface area contributed by atoms with E-state index in [0.717, 1.165) is 22.2 Å². The van der Waals surface area contributed by atoms with Crippen LogP contribution in [-0.2, 0) is 11.4 Å². The number of amides is 2. The minimum atomic E-state index is -0.727. The summed E-state index contributed by atoms with van der Waals surface area (Å²) in [5, 5.41) is 13.0. The van der Waals surface area contributed by atoms with E-state index in [0.29, 0.717) is 43.6 Å². The lowest BCUT2D eigenvalue weighted by molar-refractivity contribution is -0.131. The first kappa shape index (κ1) is 23.7. The van der Waals surface area contributed by atoms with Crippen molar-refractivity contribution in [2.24, 2.45) is 5.73 Å². The van der Waals surface area contributed by atoms with Crippen molar-refractivity contribution in [2.45, 2.75) is 57.2 Å². The highest BCUT2D eigenvalue weighted by molar-refractivity contribution is 5.95. The molecule has 0 radical (unpaired) electrons. The van der Waals surface area contributed by atoms with Crippen LogP contribution in [0.1, 0.15) is 53.7 Å². The van der Waals surface area contributed by atoms with Gasteiger partial charge in [0.2, 0.25) is 5.91 Å². The molecule has 0 aliphatic heterocycles. The fraction of sp³-hybridized carbons (Fsp3) is 0.346. The van der Waals surface area contributed by atoms with Crippen LogP contribution in [0.2, 0.25) is 0 Å². The van der Waals surface area contributed by atoms with Gasteiger partial charge in [0.25, 0.3) is 5.91 Å². The minimum absolute atomic E-state index is 0.00244. The lowest BCUT2D eigenvalue weighted by Crippen LogP contribution is -2.54. The molecule has 2 aromatic carbocycles.